The summed E-state index contributed by atoms with van der Waals surface area (Å²) in [7, 11) is -0.446. The van der Waals surface area contributed by atoms with Crippen LogP contribution in [0.25, 0.3) is 0 Å². The quantitative estimate of drug-likeness (QED) is 0.324. The van der Waals surface area contributed by atoms with Gasteiger partial charge in [-0.1, -0.05) is 0 Å². The molecule has 0 aliphatic rings. The van der Waals surface area contributed by atoms with Gasteiger partial charge in [0.25, 0.3) is 0 Å². The van der Waals surface area contributed by atoms with E-state index in [4.69, 9.17) is 0 Å². The zero-order valence-electron chi connectivity index (χ0n) is 8.01. The van der Waals surface area contributed by atoms with Gasteiger partial charge in [0.1, 0.15) is 5.75 Å². The van der Waals surface area contributed by atoms with Crippen LogP contribution in [0.2, 0.25) is 0 Å². The first kappa shape index (κ1) is 12.3. The van der Waals surface area contributed by atoms with E-state index in [9.17, 15) is 22.0 Å². The van der Waals surface area contributed by atoms with Crippen LogP contribution in [-0.4, -0.2) is 12.5 Å². The van der Waals surface area contributed by atoms with Crippen LogP contribution in [0.3, 0.4) is 0 Å². The fourth-order valence-electron chi connectivity index (χ4n) is 1.07. The van der Waals surface area contributed by atoms with Gasteiger partial charge in [0.05, 0.1) is 18.1 Å². The highest BCUT2D eigenvalue weighted by Crippen LogP contribution is 2.24. The lowest BCUT2D eigenvalue weighted by Gasteiger charge is -2.05. The van der Waals surface area contributed by atoms with Crippen LogP contribution in [0.15, 0.2) is 0 Å². The highest BCUT2D eigenvalue weighted by atomic mass is 32.2. The lowest BCUT2D eigenvalue weighted by molar-refractivity contribution is 0.372. The number of halogens is 5. The van der Waals surface area contributed by atoms with E-state index in [-0.39, 0.29) is 5.75 Å². The summed E-state index contributed by atoms with van der Waals surface area (Å²) in [5.41, 5.74) is -0.736. The molecule has 0 spiro atoms. The summed E-state index contributed by atoms with van der Waals surface area (Å²) in [6.07, 6.45) is 3.30. The molecule has 0 aliphatic heterocycles. The molecule has 0 bridgehead atoms. The smallest absolute Gasteiger partial charge is 0.200 e. The second-order valence-electron chi connectivity index (χ2n) is 3.18. The number of benzene rings is 1. The molecule has 1 rings (SSSR count). The summed E-state index contributed by atoms with van der Waals surface area (Å²) in [6.45, 7) is 0. The molecule has 0 heterocycles. The molecular weight excluding hydrogens is 235 g/mol. The van der Waals surface area contributed by atoms with E-state index in [0.29, 0.717) is 0 Å². The fourth-order valence-corrected chi connectivity index (χ4v) is 1.90. The summed E-state index contributed by atoms with van der Waals surface area (Å²) < 4.78 is 64.1. The predicted molar refractivity (Wildman–Crippen MR) is 49.1 cm³/mol. The van der Waals surface area contributed by atoms with Crippen LogP contribution in [0, 0.1) is 29.1 Å². The van der Waals surface area contributed by atoms with Crippen molar-refractivity contribution in [1.29, 1.82) is 0 Å². The molecule has 0 saturated carbocycles. The molecule has 0 N–H and O–H groups in total. The Morgan fingerprint density at radius 1 is 0.733 bits per heavy atom. The van der Waals surface area contributed by atoms with Gasteiger partial charge >= 0.3 is 0 Å². The summed E-state index contributed by atoms with van der Waals surface area (Å²) in [5, 5.41) is 0. The Bertz CT molecular complexity index is 360. The minimum Gasteiger partial charge on any atom is -0.203 e. The third kappa shape index (κ3) is 2.25. The van der Waals surface area contributed by atoms with Gasteiger partial charge < -0.3 is 0 Å². The van der Waals surface area contributed by atoms with Gasteiger partial charge in [0.2, 0.25) is 5.82 Å². The van der Waals surface area contributed by atoms with Gasteiger partial charge in [0, 0.05) is 0 Å². The topological polar surface area (TPSA) is 0 Å². The number of hydrogen-bond donors (Lipinski definition) is 0. The van der Waals surface area contributed by atoms with E-state index >= 15 is 0 Å². The molecule has 0 aliphatic carbocycles. The fraction of sp³-hybridized carbons (Fsp3) is 0.333. The SMILES string of the molecule is C[S+](C)Cc1c(F)c(F)c(F)c(F)c1F. The Labute approximate surface area is 86.4 Å². The molecular formula is C9H8F5S+. The average molecular weight is 243 g/mol. The van der Waals surface area contributed by atoms with Crippen molar-refractivity contribution in [2.75, 3.05) is 12.5 Å². The highest BCUT2D eigenvalue weighted by molar-refractivity contribution is 7.94. The van der Waals surface area contributed by atoms with E-state index in [2.05, 4.69) is 0 Å². The highest BCUT2D eigenvalue weighted by Gasteiger charge is 2.27. The first-order valence-electron chi connectivity index (χ1n) is 3.90. The monoisotopic (exact) mass is 243 g/mol. The van der Waals surface area contributed by atoms with Crippen molar-refractivity contribution in [3.63, 3.8) is 0 Å². The van der Waals surface area contributed by atoms with Crippen molar-refractivity contribution in [1.82, 2.24) is 0 Å². The molecule has 84 valence electrons. The summed E-state index contributed by atoms with van der Waals surface area (Å²) >= 11 is 0. The van der Waals surface area contributed by atoms with E-state index < -0.39 is 45.5 Å². The van der Waals surface area contributed by atoms with Crippen LogP contribution in [-0.2, 0) is 16.6 Å². The van der Waals surface area contributed by atoms with Crippen molar-refractivity contribution in [3.8, 4) is 0 Å². The van der Waals surface area contributed by atoms with Gasteiger partial charge in [-0.15, -0.1) is 0 Å². The normalized spacial score (nSPS) is 11.2. The Hall–Kier alpha value is -0.780. The van der Waals surface area contributed by atoms with Crippen molar-refractivity contribution in [3.05, 3.63) is 34.6 Å². The predicted octanol–water partition coefficient (Wildman–Crippen LogP) is 2.76. The van der Waals surface area contributed by atoms with Crippen molar-refractivity contribution in [2.24, 2.45) is 0 Å². The van der Waals surface area contributed by atoms with Gasteiger partial charge in [-0.3, -0.25) is 0 Å². The number of hydrogen-bond acceptors (Lipinski definition) is 0. The first-order valence-corrected chi connectivity index (χ1v) is 6.11. The maximum absolute atomic E-state index is 13.0. The maximum Gasteiger partial charge on any atom is 0.200 e. The molecule has 0 unspecified atom stereocenters. The van der Waals surface area contributed by atoms with Gasteiger partial charge in [-0.05, 0) is 10.9 Å². The van der Waals surface area contributed by atoms with Gasteiger partial charge in [-0.2, -0.15) is 0 Å². The third-order valence-electron chi connectivity index (χ3n) is 1.73. The molecule has 6 heteroatoms. The zero-order valence-corrected chi connectivity index (χ0v) is 8.82. The van der Waals surface area contributed by atoms with Crippen LogP contribution >= 0.6 is 0 Å². The van der Waals surface area contributed by atoms with Crippen LogP contribution < -0.4 is 0 Å². The van der Waals surface area contributed by atoms with Crippen molar-refractivity contribution in [2.45, 2.75) is 5.75 Å². The lowest BCUT2D eigenvalue weighted by atomic mass is 10.2. The maximum atomic E-state index is 13.0. The Morgan fingerprint density at radius 3 is 1.40 bits per heavy atom. The zero-order chi connectivity index (χ0) is 11.7. The molecule has 0 atom stereocenters. The largest absolute Gasteiger partial charge is 0.203 e. The minimum absolute atomic E-state index is 0.161. The van der Waals surface area contributed by atoms with Crippen LogP contribution in [0.1, 0.15) is 5.56 Å². The second-order valence-corrected chi connectivity index (χ2v) is 5.44. The summed E-state index contributed by atoms with van der Waals surface area (Å²) in [6, 6.07) is 0. The van der Waals surface area contributed by atoms with Crippen molar-refractivity contribution < 1.29 is 22.0 Å². The van der Waals surface area contributed by atoms with Crippen LogP contribution in [0.4, 0.5) is 22.0 Å². The van der Waals surface area contributed by atoms with Gasteiger partial charge in [0.15, 0.2) is 23.3 Å². The minimum atomic E-state index is -2.11. The molecule has 0 amide bonds. The molecule has 0 fully saturated rings. The molecule has 1 aromatic rings. The first-order chi connectivity index (χ1) is 6.86. The molecule has 0 nitrogen and oxygen atoms in total. The van der Waals surface area contributed by atoms with Crippen LogP contribution in [0.5, 0.6) is 0 Å². The Kier molecular flexibility index (Phi) is 3.59. The number of rotatable bonds is 2. The van der Waals surface area contributed by atoms with E-state index in [1.807, 2.05) is 0 Å². The summed E-state index contributed by atoms with van der Waals surface area (Å²) in [4.78, 5) is 0. The lowest BCUT2D eigenvalue weighted by Crippen LogP contribution is -2.11. The molecule has 0 radical (unpaired) electrons. The van der Waals surface area contributed by atoms with Crippen molar-refractivity contribution >= 4 is 10.9 Å². The van der Waals surface area contributed by atoms with E-state index in [1.54, 1.807) is 12.5 Å². The van der Waals surface area contributed by atoms with Gasteiger partial charge in [-0.25, -0.2) is 22.0 Å². The average Bonchev–Trinajstić information content (AvgIpc) is 2.18. The Balaban J connectivity index is 3.39. The third-order valence-corrected chi connectivity index (χ3v) is 2.60. The molecule has 0 aromatic heterocycles. The molecule has 1 aromatic carbocycles. The molecule has 0 saturated heterocycles. The van der Waals surface area contributed by atoms with E-state index in [0.717, 1.165) is 0 Å². The van der Waals surface area contributed by atoms with E-state index in [1.165, 1.54) is 0 Å². The summed E-state index contributed by atoms with van der Waals surface area (Å²) in [5.74, 6) is -9.49. The standard InChI is InChI=1S/C9H8F5S/c1-15(2)3-4-5(10)7(12)9(14)8(13)6(4)11/h3H2,1-2H3/q+1. The second kappa shape index (κ2) is 4.38. The molecule has 15 heavy (non-hydrogen) atoms. The Morgan fingerprint density at radius 2 is 1.07 bits per heavy atom.